The van der Waals surface area contributed by atoms with Gasteiger partial charge in [-0.15, -0.1) is 0 Å². The molecule has 2 aromatic rings. The average molecular weight is 382 g/mol. The smallest absolute Gasteiger partial charge is 0.282 e. The van der Waals surface area contributed by atoms with E-state index in [-0.39, 0.29) is 5.56 Å². The van der Waals surface area contributed by atoms with Crippen LogP contribution in [-0.2, 0) is 13.6 Å². The van der Waals surface area contributed by atoms with Crippen molar-refractivity contribution in [2.24, 2.45) is 7.05 Å². The van der Waals surface area contributed by atoms with Crippen LogP contribution in [0.1, 0.15) is 17.0 Å². The molecule has 0 atom stereocenters. The van der Waals surface area contributed by atoms with Gasteiger partial charge in [-0.3, -0.25) is 9.69 Å². The maximum absolute atomic E-state index is 12.0. The molecule has 0 spiro atoms. The van der Waals surface area contributed by atoms with Crippen LogP contribution in [0.4, 0.5) is 5.69 Å². The number of hydrogen-bond donors (Lipinski definition) is 0. The van der Waals surface area contributed by atoms with Crippen LogP contribution in [0.2, 0.25) is 0 Å². The maximum Gasteiger partial charge on any atom is 0.282 e. The van der Waals surface area contributed by atoms with Gasteiger partial charge in [-0.05, 0) is 29.8 Å². The number of aryl methyl sites for hydroxylation is 3. The monoisotopic (exact) mass is 381 g/mol. The molecule has 1 aliphatic rings. The molecule has 124 valence electrons. The molecule has 0 aliphatic carbocycles. The van der Waals surface area contributed by atoms with E-state index in [4.69, 9.17) is 4.52 Å². The zero-order valence-electron chi connectivity index (χ0n) is 13.5. The predicted molar refractivity (Wildman–Crippen MR) is 90.6 cm³/mol. The van der Waals surface area contributed by atoms with Crippen molar-refractivity contribution in [3.63, 3.8) is 0 Å². The van der Waals surface area contributed by atoms with Gasteiger partial charge in [0.1, 0.15) is 10.2 Å². The number of hydrogen-bond acceptors (Lipinski definition) is 6. The molecule has 3 rings (SSSR count). The molecule has 23 heavy (non-hydrogen) atoms. The molecule has 0 N–H and O–H groups in total. The Kier molecular flexibility index (Phi) is 4.54. The number of piperazine rings is 1. The third kappa shape index (κ3) is 3.18. The van der Waals surface area contributed by atoms with E-state index in [1.165, 1.54) is 10.2 Å². The molecule has 0 aromatic carbocycles. The summed E-state index contributed by atoms with van der Waals surface area (Å²) in [4.78, 5) is 16.6. The predicted octanol–water partition coefficient (Wildman–Crippen LogP) is 1.47. The van der Waals surface area contributed by atoms with Crippen molar-refractivity contribution in [2.45, 2.75) is 20.4 Å². The molecule has 0 radical (unpaired) electrons. The van der Waals surface area contributed by atoms with Crippen molar-refractivity contribution in [3.8, 4) is 0 Å². The van der Waals surface area contributed by atoms with Gasteiger partial charge in [-0.25, -0.2) is 4.68 Å². The third-order valence-corrected chi connectivity index (χ3v) is 5.08. The summed E-state index contributed by atoms with van der Waals surface area (Å²) in [7, 11) is 1.65. The van der Waals surface area contributed by atoms with Crippen molar-refractivity contribution >= 4 is 21.6 Å². The minimum atomic E-state index is -0.111. The Labute approximate surface area is 143 Å². The SMILES string of the molecule is Cc1noc(C)c1CN1CCN(c2cnn(C)c(=O)c2Br)CC1. The number of anilines is 1. The lowest BCUT2D eigenvalue weighted by Crippen LogP contribution is -2.46. The van der Waals surface area contributed by atoms with Crippen molar-refractivity contribution in [3.05, 3.63) is 38.0 Å². The van der Waals surface area contributed by atoms with Gasteiger partial charge in [0.25, 0.3) is 5.56 Å². The second-order valence-electron chi connectivity index (χ2n) is 5.84. The van der Waals surface area contributed by atoms with E-state index in [1.54, 1.807) is 13.2 Å². The average Bonchev–Trinajstić information content (AvgIpc) is 2.86. The summed E-state index contributed by atoms with van der Waals surface area (Å²) in [6.45, 7) is 8.34. The van der Waals surface area contributed by atoms with Gasteiger partial charge in [0.15, 0.2) is 0 Å². The first-order chi connectivity index (χ1) is 11.0. The quantitative estimate of drug-likeness (QED) is 0.801. The zero-order valence-corrected chi connectivity index (χ0v) is 15.1. The fraction of sp³-hybridized carbons (Fsp3) is 0.533. The second-order valence-corrected chi connectivity index (χ2v) is 6.63. The standard InChI is InChI=1S/C15H20BrN5O2/c1-10-12(11(2)23-18-10)9-20-4-6-21(7-5-20)13-8-17-19(3)15(22)14(13)16/h8H,4-7,9H2,1-3H3. The van der Waals surface area contributed by atoms with Crippen LogP contribution in [0.5, 0.6) is 0 Å². The summed E-state index contributed by atoms with van der Waals surface area (Å²) in [5.41, 5.74) is 2.89. The summed E-state index contributed by atoms with van der Waals surface area (Å²) >= 11 is 3.40. The fourth-order valence-electron chi connectivity index (χ4n) is 2.82. The summed E-state index contributed by atoms with van der Waals surface area (Å²) in [6, 6.07) is 0. The van der Waals surface area contributed by atoms with Crippen molar-refractivity contribution in [1.82, 2.24) is 19.8 Å². The van der Waals surface area contributed by atoms with Gasteiger partial charge in [0.05, 0.1) is 17.6 Å². The van der Waals surface area contributed by atoms with Crippen LogP contribution in [0.25, 0.3) is 0 Å². The highest BCUT2D eigenvalue weighted by molar-refractivity contribution is 9.10. The Morgan fingerprint density at radius 3 is 2.57 bits per heavy atom. The molecule has 1 saturated heterocycles. The first-order valence-electron chi connectivity index (χ1n) is 7.58. The summed E-state index contributed by atoms with van der Waals surface area (Å²) in [6.07, 6.45) is 1.75. The zero-order chi connectivity index (χ0) is 16.6. The van der Waals surface area contributed by atoms with Gasteiger partial charge in [-0.2, -0.15) is 5.10 Å². The Morgan fingerprint density at radius 2 is 1.96 bits per heavy atom. The van der Waals surface area contributed by atoms with Crippen LogP contribution in [-0.4, -0.2) is 46.0 Å². The van der Waals surface area contributed by atoms with Crippen LogP contribution in [0.3, 0.4) is 0 Å². The minimum absolute atomic E-state index is 0.111. The number of halogens is 1. The van der Waals surface area contributed by atoms with E-state index in [1.807, 2.05) is 13.8 Å². The summed E-state index contributed by atoms with van der Waals surface area (Å²) < 4.78 is 7.14. The van der Waals surface area contributed by atoms with Gasteiger partial charge in [-0.1, -0.05) is 5.16 Å². The molecule has 7 nitrogen and oxygen atoms in total. The molecule has 1 aliphatic heterocycles. The first-order valence-corrected chi connectivity index (χ1v) is 8.37. The summed E-state index contributed by atoms with van der Waals surface area (Å²) in [5, 5.41) is 8.13. The topological polar surface area (TPSA) is 67.4 Å². The highest BCUT2D eigenvalue weighted by atomic mass is 79.9. The van der Waals surface area contributed by atoms with Crippen molar-refractivity contribution in [2.75, 3.05) is 31.1 Å². The molecule has 0 amide bonds. The van der Waals surface area contributed by atoms with E-state index < -0.39 is 0 Å². The van der Waals surface area contributed by atoms with Crippen molar-refractivity contribution < 1.29 is 4.52 Å². The molecule has 3 heterocycles. The second kappa shape index (κ2) is 6.45. The number of nitrogens with zero attached hydrogens (tertiary/aromatic N) is 5. The molecule has 2 aromatic heterocycles. The van der Waals surface area contributed by atoms with Gasteiger partial charge < -0.3 is 9.42 Å². The largest absolute Gasteiger partial charge is 0.367 e. The van der Waals surface area contributed by atoms with Crippen molar-refractivity contribution in [1.29, 1.82) is 0 Å². The number of aromatic nitrogens is 3. The lowest BCUT2D eigenvalue weighted by atomic mass is 10.1. The van der Waals surface area contributed by atoms with E-state index in [0.717, 1.165) is 49.9 Å². The maximum atomic E-state index is 12.0. The van der Waals surface area contributed by atoms with E-state index >= 15 is 0 Å². The van der Waals surface area contributed by atoms with E-state index in [0.29, 0.717) is 4.47 Å². The summed E-state index contributed by atoms with van der Waals surface area (Å²) in [5.74, 6) is 0.892. The Balaban J connectivity index is 1.67. The Morgan fingerprint density at radius 1 is 1.26 bits per heavy atom. The van der Waals surface area contributed by atoms with Crippen LogP contribution >= 0.6 is 15.9 Å². The Bertz CT molecular complexity index is 742. The van der Waals surface area contributed by atoms with Gasteiger partial charge >= 0.3 is 0 Å². The van der Waals surface area contributed by atoms with Crippen LogP contribution in [0.15, 0.2) is 20.0 Å². The Hall–Kier alpha value is -1.67. The fourth-order valence-corrected chi connectivity index (χ4v) is 3.43. The molecule has 8 heteroatoms. The lowest BCUT2D eigenvalue weighted by molar-refractivity contribution is 0.247. The lowest BCUT2D eigenvalue weighted by Gasteiger charge is -2.36. The molecule has 1 fully saturated rings. The molecular formula is C15H20BrN5O2. The van der Waals surface area contributed by atoms with Crippen LogP contribution in [0, 0.1) is 13.8 Å². The first kappa shape index (κ1) is 16.2. The highest BCUT2D eigenvalue weighted by Gasteiger charge is 2.22. The van der Waals surface area contributed by atoms with E-state index in [9.17, 15) is 4.79 Å². The van der Waals surface area contributed by atoms with Crippen LogP contribution < -0.4 is 10.5 Å². The van der Waals surface area contributed by atoms with Gasteiger partial charge in [0.2, 0.25) is 0 Å². The third-order valence-electron chi connectivity index (χ3n) is 4.34. The molecule has 0 bridgehead atoms. The van der Waals surface area contributed by atoms with Gasteiger partial charge in [0, 0.05) is 45.3 Å². The number of rotatable bonds is 3. The molecule has 0 unspecified atom stereocenters. The highest BCUT2D eigenvalue weighted by Crippen LogP contribution is 2.23. The molecule has 0 saturated carbocycles. The van der Waals surface area contributed by atoms with E-state index in [2.05, 4.69) is 36.0 Å². The molecular weight excluding hydrogens is 362 g/mol. The normalized spacial score (nSPS) is 16.1. The minimum Gasteiger partial charge on any atom is -0.367 e.